The number of benzene rings is 2. The number of esters is 1. The molecule has 1 fully saturated rings. The van der Waals surface area contributed by atoms with Crippen LogP contribution in [-0.2, 0) is 4.79 Å². The van der Waals surface area contributed by atoms with Crippen molar-refractivity contribution in [3.05, 3.63) is 59.4 Å². The number of phenols is 1. The Hall–Kier alpha value is -3.90. The molecule has 2 aromatic carbocycles. The van der Waals surface area contributed by atoms with Crippen LogP contribution in [0.3, 0.4) is 0 Å². The number of rotatable bonds is 6. The van der Waals surface area contributed by atoms with Gasteiger partial charge in [-0.25, -0.2) is 9.78 Å². The number of carbonyl (C=O) groups is 2. The number of likely N-dealkylation sites (N-methyl/N-ethyl adjacent to an activating group) is 2. The third kappa shape index (κ3) is 5.97. The zero-order chi connectivity index (χ0) is 27.6. The van der Waals surface area contributed by atoms with E-state index in [2.05, 4.69) is 15.3 Å². The molecular formula is C25H23ClF3N5O4. The van der Waals surface area contributed by atoms with Crippen molar-refractivity contribution in [1.29, 1.82) is 0 Å². The maximum Gasteiger partial charge on any atom is 0.491 e. The lowest BCUT2D eigenvalue weighted by atomic mass is 10.1. The molecule has 1 amide bonds. The number of alkyl halides is 3. The quantitative estimate of drug-likeness (QED) is 0.342. The Morgan fingerprint density at radius 3 is 2.53 bits per heavy atom. The van der Waals surface area contributed by atoms with Crippen LogP contribution in [-0.4, -0.2) is 76.2 Å². The van der Waals surface area contributed by atoms with Crippen LogP contribution in [0.25, 0.3) is 11.3 Å². The summed E-state index contributed by atoms with van der Waals surface area (Å²) in [4.78, 5) is 37.1. The molecule has 1 aromatic heterocycles. The first kappa shape index (κ1) is 27.1. The Morgan fingerprint density at radius 2 is 1.89 bits per heavy atom. The number of nitrogens with zero attached hydrogens (tertiary/aromatic N) is 4. The van der Waals surface area contributed by atoms with Crippen LogP contribution < -0.4 is 10.1 Å². The van der Waals surface area contributed by atoms with Gasteiger partial charge in [-0.3, -0.25) is 9.78 Å². The molecule has 0 saturated carbocycles. The van der Waals surface area contributed by atoms with Crippen molar-refractivity contribution in [2.24, 2.45) is 0 Å². The van der Waals surface area contributed by atoms with Crippen LogP contribution >= 0.6 is 11.6 Å². The zero-order valence-corrected chi connectivity index (χ0v) is 21.0. The van der Waals surface area contributed by atoms with Gasteiger partial charge in [0, 0.05) is 25.2 Å². The first-order valence-electron chi connectivity index (χ1n) is 11.4. The number of aromatic nitrogens is 2. The molecule has 0 spiro atoms. The van der Waals surface area contributed by atoms with E-state index in [-0.39, 0.29) is 33.9 Å². The second kappa shape index (κ2) is 10.8. The molecule has 3 aromatic rings. The summed E-state index contributed by atoms with van der Waals surface area (Å²) in [6.07, 6.45) is -1.92. The maximum atomic E-state index is 13.4. The van der Waals surface area contributed by atoms with Gasteiger partial charge in [-0.15, -0.1) is 0 Å². The van der Waals surface area contributed by atoms with E-state index in [1.165, 1.54) is 48.6 Å². The molecule has 38 heavy (non-hydrogen) atoms. The Labute approximate surface area is 220 Å². The van der Waals surface area contributed by atoms with Gasteiger partial charge in [-0.1, -0.05) is 11.6 Å². The molecule has 9 nitrogen and oxygen atoms in total. The predicted molar refractivity (Wildman–Crippen MR) is 134 cm³/mol. The summed E-state index contributed by atoms with van der Waals surface area (Å²) in [6, 6.07) is 8.45. The first-order valence-corrected chi connectivity index (χ1v) is 11.8. The first-order chi connectivity index (χ1) is 17.9. The van der Waals surface area contributed by atoms with Crippen molar-refractivity contribution >= 4 is 35.0 Å². The average molecular weight is 550 g/mol. The van der Waals surface area contributed by atoms with Crippen LogP contribution in [0.2, 0.25) is 5.02 Å². The molecule has 1 aliphatic rings. The Balaban J connectivity index is 1.74. The van der Waals surface area contributed by atoms with Gasteiger partial charge < -0.3 is 25.0 Å². The van der Waals surface area contributed by atoms with E-state index in [4.69, 9.17) is 16.3 Å². The molecular weight excluding hydrogens is 527 g/mol. The molecule has 1 aliphatic heterocycles. The zero-order valence-electron chi connectivity index (χ0n) is 20.3. The molecule has 2 N–H and O–H groups in total. The monoisotopic (exact) mass is 549 g/mol. The Morgan fingerprint density at radius 1 is 1.18 bits per heavy atom. The summed E-state index contributed by atoms with van der Waals surface area (Å²) in [5.41, 5.74) is 0.427. The number of carbonyl (C=O) groups excluding carboxylic acids is 2. The minimum absolute atomic E-state index is 0.0505. The molecule has 13 heteroatoms. The third-order valence-electron chi connectivity index (χ3n) is 6.05. The minimum Gasteiger partial charge on any atom is -0.508 e. The van der Waals surface area contributed by atoms with E-state index in [1.54, 1.807) is 12.1 Å². The van der Waals surface area contributed by atoms with Gasteiger partial charge in [0.15, 0.2) is 5.75 Å². The molecule has 0 aliphatic carbocycles. The average Bonchev–Trinajstić information content (AvgIpc) is 3.31. The molecule has 200 valence electrons. The van der Waals surface area contributed by atoms with Gasteiger partial charge >= 0.3 is 12.1 Å². The minimum atomic E-state index is -5.32. The van der Waals surface area contributed by atoms with Crippen LogP contribution in [0.5, 0.6) is 11.5 Å². The summed E-state index contributed by atoms with van der Waals surface area (Å²) in [6.45, 7) is 1.33. The highest BCUT2D eigenvalue weighted by Gasteiger charge is 2.43. The number of aromatic hydroxyl groups is 1. The third-order valence-corrected chi connectivity index (χ3v) is 6.36. The van der Waals surface area contributed by atoms with E-state index >= 15 is 0 Å². The normalized spacial score (nSPS) is 15.8. The summed E-state index contributed by atoms with van der Waals surface area (Å²) in [5.74, 6) is -3.73. The van der Waals surface area contributed by atoms with Gasteiger partial charge in [0.25, 0.3) is 5.91 Å². The number of anilines is 2. The van der Waals surface area contributed by atoms with Crippen molar-refractivity contribution < 1.29 is 32.6 Å². The van der Waals surface area contributed by atoms with Crippen LogP contribution in [0.1, 0.15) is 16.8 Å². The summed E-state index contributed by atoms with van der Waals surface area (Å²) < 4.78 is 44.3. The highest BCUT2D eigenvalue weighted by molar-refractivity contribution is 6.34. The fourth-order valence-corrected chi connectivity index (χ4v) is 4.21. The number of phenolic OH excluding ortho intramolecular Hbond substituents is 1. The number of hydrogen-bond acceptors (Lipinski definition) is 8. The highest BCUT2D eigenvalue weighted by Crippen LogP contribution is 2.40. The van der Waals surface area contributed by atoms with Crippen molar-refractivity contribution in [2.75, 3.05) is 32.5 Å². The van der Waals surface area contributed by atoms with E-state index in [0.717, 1.165) is 6.54 Å². The molecule has 1 unspecified atom stereocenters. The summed E-state index contributed by atoms with van der Waals surface area (Å²) >= 11 is 6.31. The lowest BCUT2D eigenvalue weighted by Gasteiger charge is -2.26. The number of halogens is 4. The van der Waals surface area contributed by atoms with Crippen LogP contribution in [0.4, 0.5) is 24.7 Å². The van der Waals surface area contributed by atoms with Gasteiger partial charge in [0.1, 0.15) is 17.3 Å². The second-order valence-corrected chi connectivity index (χ2v) is 9.18. The molecule has 1 saturated heterocycles. The van der Waals surface area contributed by atoms with Gasteiger partial charge in [0.2, 0.25) is 0 Å². The molecule has 0 bridgehead atoms. The predicted octanol–water partition coefficient (Wildman–Crippen LogP) is 4.49. The second-order valence-electron chi connectivity index (χ2n) is 8.77. The van der Waals surface area contributed by atoms with Gasteiger partial charge in [-0.05, 0) is 56.4 Å². The number of amides is 1. The van der Waals surface area contributed by atoms with Crippen molar-refractivity contribution in [1.82, 2.24) is 19.8 Å². The van der Waals surface area contributed by atoms with E-state index in [9.17, 15) is 27.9 Å². The molecule has 2 heterocycles. The van der Waals surface area contributed by atoms with E-state index in [1.807, 2.05) is 11.9 Å². The van der Waals surface area contributed by atoms with E-state index < -0.39 is 23.8 Å². The number of hydrogen-bond donors (Lipinski definition) is 2. The summed E-state index contributed by atoms with van der Waals surface area (Å²) in [5, 5.41) is 12.2. The van der Waals surface area contributed by atoms with Gasteiger partial charge in [0.05, 0.1) is 28.7 Å². The SMILES string of the molecule is CN1CCC(N(C)C(=O)c2ccc(Cl)c(Nc3cncc(-c4ccc(O)cc4)n3)c2OC(=O)C(F)(F)F)C1. The summed E-state index contributed by atoms with van der Waals surface area (Å²) in [7, 11) is 3.43. The fraction of sp³-hybridized carbons (Fsp3) is 0.280. The number of ether oxygens (including phenoxy) is 1. The van der Waals surface area contributed by atoms with Gasteiger partial charge in [-0.2, -0.15) is 13.2 Å². The van der Waals surface area contributed by atoms with Crippen molar-refractivity contribution in [2.45, 2.75) is 18.6 Å². The molecule has 1 atom stereocenters. The standard InChI is InChI=1S/C25H23ClF3N5O4/c1-33-10-9-15(13-33)34(2)23(36)17-7-8-18(26)21(22(17)38-24(37)25(27,28)29)32-20-12-30-11-19(31-20)14-3-5-16(35)6-4-14/h3-8,11-12,15,35H,9-10,13H2,1-2H3,(H,31,32). The number of nitrogens with one attached hydrogen (secondary N) is 1. The lowest BCUT2D eigenvalue weighted by molar-refractivity contribution is -0.189. The van der Waals surface area contributed by atoms with E-state index in [0.29, 0.717) is 24.2 Å². The lowest BCUT2D eigenvalue weighted by Crippen LogP contribution is -2.39. The maximum absolute atomic E-state index is 13.4. The topological polar surface area (TPSA) is 108 Å². The largest absolute Gasteiger partial charge is 0.508 e. The fourth-order valence-electron chi connectivity index (χ4n) is 4.01. The molecule has 4 rings (SSSR count). The van der Waals surface area contributed by atoms with Crippen molar-refractivity contribution in [3.63, 3.8) is 0 Å². The van der Waals surface area contributed by atoms with Crippen LogP contribution in [0.15, 0.2) is 48.8 Å². The smallest absolute Gasteiger partial charge is 0.491 e. The van der Waals surface area contributed by atoms with Crippen molar-refractivity contribution in [3.8, 4) is 22.8 Å². The number of likely N-dealkylation sites (tertiary alicyclic amines) is 1. The Kier molecular flexibility index (Phi) is 7.74. The molecule has 0 radical (unpaired) electrons. The highest BCUT2D eigenvalue weighted by atomic mass is 35.5. The Bertz CT molecular complexity index is 1350. The van der Waals surface area contributed by atoms with Crippen LogP contribution in [0, 0.1) is 0 Å².